The molecule has 1 atom stereocenters. The molecule has 0 aliphatic carbocycles. The van der Waals surface area contributed by atoms with Gasteiger partial charge >= 0.3 is 12.0 Å². The number of urea groups is 1. The molecule has 0 radical (unpaired) electrons. The Morgan fingerprint density at radius 1 is 1.14 bits per heavy atom. The lowest BCUT2D eigenvalue weighted by atomic mass is 9.97. The second-order valence-corrected chi connectivity index (χ2v) is 7.13. The molecule has 2 aliphatic heterocycles. The minimum absolute atomic E-state index is 0.201. The molecule has 2 saturated heterocycles. The van der Waals surface area contributed by atoms with Gasteiger partial charge in [-0.15, -0.1) is 0 Å². The van der Waals surface area contributed by atoms with Gasteiger partial charge in [0.05, 0.1) is 13.0 Å². The van der Waals surface area contributed by atoms with Crippen LogP contribution in [0.1, 0.15) is 24.8 Å². The lowest BCUT2D eigenvalue weighted by Gasteiger charge is -2.31. The molecule has 2 heterocycles. The van der Waals surface area contributed by atoms with Crippen LogP contribution in [-0.2, 0) is 25.5 Å². The summed E-state index contributed by atoms with van der Waals surface area (Å²) >= 11 is 0. The number of ether oxygens (including phenoxy) is 1. The van der Waals surface area contributed by atoms with E-state index in [-0.39, 0.29) is 30.2 Å². The first-order valence-electron chi connectivity index (χ1n) is 9.51. The number of nitrogens with one attached hydrogen (secondary N) is 1. The van der Waals surface area contributed by atoms with Gasteiger partial charge in [0.25, 0.3) is 5.91 Å². The highest BCUT2D eigenvalue weighted by Crippen LogP contribution is 2.19. The van der Waals surface area contributed by atoms with Gasteiger partial charge in [-0.3, -0.25) is 19.3 Å². The summed E-state index contributed by atoms with van der Waals surface area (Å²) in [6, 6.07) is 8.60. The number of hydrogen-bond acceptors (Lipinski definition) is 5. The fourth-order valence-electron chi connectivity index (χ4n) is 3.64. The Hall–Kier alpha value is -2.90. The topological polar surface area (TPSA) is 96.0 Å². The zero-order chi connectivity index (χ0) is 20.1. The maximum Gasteiger partial charge on any atom is 0.325 e. The van der Waals surface area contributed by atoms with Crippen LogP contribution in [0, 0.1) is 5.92 Å². The van der Waals surface area contributed by atoms with Gasteiger partial charge in [-0.05, 0) is 31.2 Å². The number of aryl methyl sites for hydroxylation is 1. The molecule has 3 rings (SSSR count). The van der Waals surface area contributed by atoms with Crippen molar-refractivity contribution in [3.8, 4) is 0 Å². The number of carbonyl (C=O) groups is 4. The fourth-order valence-corrected chi connectivity index (χ4v) is 3.64. The van der Waals surface area contributed by atoms with Crippen LogP contribution < -0.4 is 5.32 Å². The molecule has 2 aliphatic rings. The number of esters is 1. The summed E-state index contributed by atoms with van der Waals surface area (Å²) < 4.78 is 4.74. The second-order valence-electron chi connectivity index (χ2n) is 7.13. The van der Waals surface area contributed by atoms with Crippen LogP contribution in [0.25, 0.3) is 0 Å². The lowest BCUT2D eigenvalue weighted by Crippen LogP contribution is -2.46. The maximum atomic E-state index is 12.5. The van der Waals surface area contributed by atoms with E-state index in [9.17, 15) is 19.2 Å². The molecular formula is C20H25N3O5. The maximum absolute atomic E-state index is 12.5. The molecule has 28 heavy (non-hydrogen) atoms. The Balaban J connectivity index is 1.50. The molecular weight excluding hydrogens is 362 g/mol. The van der Waals surface area contributed by atoms with E-state index in [1.54, 1.807) is 4.90 Å². The van der Waals surface area contributed by atoms with E-state index in [0.29, 0.717) is 38.8 Å². The normalized spacial score (nSPS) is 20.2. The smallest absolute Gasteiger partial charge is 0.325 e. The predicted molar refractivity (Wildman–Crippen MR) is 100 cm³/mol. The minimum atomic E-state index is -0.606. The monoisotopic (exact) mass is 387 g/mol. The Morgan fingerprint density at radius 3 is 2.46 bits per heavy atom. The van der Waals surface area contributed by atoms with E-state index in [4.69, 9.17) is 4.74 Å². The highest BCUT2D eigenvalue weighted by atomic mass is 16.5. The summed E-state index contributed by atoms with van der Waals surface area (Å²) in [5, 5.41) is 2.67. The van der Waals surface area contributed by atoms with Crippen molar-refractivity contribution in [2.75, 3.05) is 26.7 Å². The summed E-state index contributed by atoms with van der Waals surface area (Å²) in [6.07, 6.45) is 2.21. The molecule has 2 fully saturated rings. The summed E-state index contributed by atoms with van der Waals surface area (Å²) in [6.45, 7) is 0.564. The van der Waals surface area contributed by atoms with Gasteiger partial charge < -0.3 is 15.0 Å². The van der Waals surface area contributed by atoms with Crippen LogP contribution in [0.15, 0.2) is 30.3 Å². The Labute approximate surface area is 163 Å². The van der Waals surface area contributed by atoms with E-state index >= 15 is 0 Å². The van der Waals surface area contributed by atoms with Crippen molar-refractivity contribution in [3.05, 3.63) is 35.9 Å². The number of benzene rings is 1. The van der Waals surface area contributed by atoms with Gasteiger partial charge in [0, 0.05) is 13.1 Å². The average Bonchev–Trinajstić information content (AvgIpc) is 3.00. The molecule has 1 aromatic rings. The third kappa shape index (κ3) is 4.49. The fraction of sp³-hybridized carbons (Fsp3) is 0.500. The Bertz CT molecular complexity index is 743. The standard InChI is InChI=1S/C20H25N3O5/c1-28-19(26)15-9-11-22(12-10-15)17(24)13-23-18(25)16(21-20(23)27)8-7-14-5-3-2-4-6-14/h2-6,15-16H,7-13H2,1H3,(H,21,27)/t16-/m0/s1. The first-order valence-corrected chi connectivity index (χ1v) is 9.51. The largest absolute Gasteiger partial charge is 0.469 e. The van der Waals surface area contributed by atoms with Crippen molar-refractivity contribution in [2.24, 2.45) is 5.92 Å². The number of nitrogens with zero attached hydrogens (tertiary/aromatic N) is 2. The minimum Gasteiger partial charge on any atom is -0.469 e. The number of methoxy groups -OCH3 is 1. The molecule has 0 saturated carbocycles. The Morgan fingerprint density at radius 2 is 1.82 bits per heavy atom. The summed E-state index contributed by atoms with van der Waals surface area (Å²) in [7, 11) is 1.35. The zero-order valence-corrected chi connectivity index (χ0v) is 15.9. The predicted octanol–water partition coefficient (Wildman–Crippen LogP) is 0.951. The zero-order valence-electron chi connectivity index (χ0n) is 15.9. The Kier molecular flexibility index (Phi) is 6.28. The van der Waals surface area contributed by atoms with Gasteiger partial charge in [0.15, 0.2) is 0 Å². The van der Waals surface area contributed by atoms with Crippen molar-refractivity contribution in [1.82, 2.24) is 15.1 Å². The molecule has 1 aromatic carbocycles. The number of piperidine rings is 1. The number of likely N-dealkylation sites (tertiary alicyclic amines) is 1. The first kappa shape index (κ1) is 19.9. The summed E-state index contributed by atoms with van der Waals surface area (Å²) in [5.74, 6) is -1.11. The summed E-state index contributed by atoms with van der Waals surface area (Å²) in [5.41, 5.74) is 1.09. The van der Waals surface area contributed by atoms with Crippen LogP contribution >= 0.6 is 0 Å². The number of amides is 4. The molecule has 8 nitrogen and oxygen atoms in total. The van der Waals surface area contributed by atoms with E-state index < -0.39 is 12.1 Å². The first-order chi connectivity index (χ1) is 13.5. The van der Waals surface area contributed by atoms with Crippen molar-refractivity contribution in [3.63, 3.8) is 0 Å². The third-order valence-corrected chi connectivity index (χ3v) is 5.35. The molecule has 1 N–H and O–H groups in total. The van der Waals surface area contributed by atoms with Crippen molar-refractivity contribution in [2.45, 2.75) is 31.7 Å². The van der Waals surface area contributed by atoms with Crippen molar-refractivity contribution >= 4 is 23.8 Å². The molecule has 4 amide bonds. The molecule has 0 aromatic heterocycles. The second kappa shape index (κ2) is 8.86. The molecule has 150 valence electrons. The van der Waals surface area contributed by atoms with Gasteiger partial charge in [-0.1, -0.05) is 30.3 Å². The molecule has 0 spiro atoms. The van der Waals surface area contributed by atoms with Crippen LogP contribution in [0.3, 0.4) is 0 Å². The highest BCUT2D eigenvalue weighted by Gasteiger charge is 2.39. The van der Waals surface area contributed by atoms with Crippen LogP contribution in [0.2, 0.25) is 0 Å². The van der Waals surface area contributed by atoms with Crippen molar-refractivity contribution < 1.29 is 23.9 Å². The lowest BCUT2D eigenvalue weighted by molar-refractivity contribution is -0.149. The van der Waals surface area contributed by atoms with Gasteiger partial charge in [-0.2, -0.15) is 0 Å². The van der Waals surface area contributed by atoms with Gasteiger partial charge in [0.1, 0.15) is 12.6 Å². The van der Waals surface area contributed by atoms with Crippen molar-refractivity contribution in [1.29, 1.82) is 0 Å². The van der Waals surface area contributed by atoms with Crippen LogP contribution in [0.4, 0.5) is 4.79 Å². The van der Waals surface area contributed by atoms with E-state index in [0.717, 1.165) is 10.5 Å². The third-order valence-electron chi connectivity index (χ3n) is 5.35. The number of carbonyl (C=O) groups excluding carboxylic acids is 4. The quantitative estimate of drug-likeness (QED) is 0.579. The SMILES string of the molecule is COC(=O)C1CCN(C(=O)CN2C(=O)N[C@@H](CCc3ccccc3)C2=O)CC1. The van der Waals surface area contributed by atoms with Crippen LogP contribution in [0.5, 0.6) is 0 Å². The van der Waals surface area contributed by atoms with Crippen LogP contribution in [-0.4, -0.2) is 66.4 Å². The highest BCUT2D eigenvalue weighted by molar-refractivity contribution is 6.06. The molecule has 8 heteroatoms. The summed E-state index contributed by atoms with van der Waals surface area (Å²) in [4.78, 5) is 51.4. The van der Waals surface area contributed by atoms with Gasteiger partial charge in [0.2, 0.25) is 5.91 Å². The number of hydrogen-bond donors (Lipinski definition) is 1. The average molecular weight is 387 g/mol. The number of imide groups is 1. The van der Waals surface area contributed by atoms with E-state index in [2.05, 4.69) is 5.32 Å². The molecule has 0 unspecified atom stereocenters. The molecule has 0 bridgehead atoms. The number of rotatable bonds is 6. The van der Waals surface area contributed by atoms with Gasteiger partial charge in [-0.25, -0.2) is 4.79 Å². The van der Waals surface area contributed by atoms with E-state index in [1.807, 2.05) is 30.3 Å². The van der Waals surface area contributed by atoms with E-state index in [1.165, 1.54) is 7.11 Å².